The van der Waals surface area contributed by atoms with Gasteiger partial charge in [0.25, 0.3) is 0 Å². The van der Waals surface area contributed by atoms with Crippen LogP contribution in [0.3, 0.4) is 0 Å². The van der Waals surface area contributed by atoms with Crippen molar-refractivity contribution in [2.45, 2.75) is 45.1 Å². The minimum absolute atomic E-state index is 0.626. The number of rotatable bonds is 3. The Labute approximate surface area is 137 Å². The van der Waals surface area contributed by atoms with Crippen LogP contribution in [-0.2, 0) is 0 Å². The first-order valence-electron chi connectivity index (χ1n) is 7.06. The molecule has 1 unspecified atom stereocenters. The van der Waals surface area contributed by atoms with Crippen LogP contribution in [0.25, 0.3) is 0 Å². The van der Waals surface area contributed by atoms with Gasteiger partial charge >= 0.3 is 0 Å². The summed E-state index contributed by atoms with van der Waals surface area (Å²) in [4.78, 5) is 0. The maximum Gasteiger partial charge on any atom is 0.0976 e. The molecule has 1 aromatic carbocycles. The lowest BCUT2D eigenvalue weighted by Gasteiger charge is -2.38. The van der Waals surface area contributed by atoms with Crippen molar-refractivity contribution in [2.75, 3.05) is 0 Å². The molecule has 1 N–H and O–H groups in total. The van der Waals surface area contributed by atoms with E-state index in [4.69, 9.17) is 0 Å². The van der Waals surface area contributed by atoms with Gasteiger partial charge in [-0.3, -0.25) is 0 Å². The fourth-order valence-corrected chi connectivity index (χ4v) is 3.69. The highest BCUT2D eigenvalue weighted by molar-refractivity contribution is 9.13. The molecule has 1 aliphatic rings. The fourth-order valence-electron chi connectivity index (χ4n) is 3.05. The van der Waals surface area contributed by atoms with Gasteiger partial charge in [0.15, 0.2) is 0 Å². The maximum absolute atomic E-state index is 10.7. The predicted molar refractivity (Wildman–Crippen MR) is 87.1 cm³/mol. The third-order valence-corrected chi connectivity index (χ3v) is 6.46. The Kier molecular flexibility index (Phi) is 5.28. The highest BCUT2D eigenvalue weighted by atomic mass is 79.9. The van der Waals surface area contributed by atoms with Crippen molar-refractivity contribution in [1.82, 2.24) is 0 Å². The Balaban J connectivity index is 2.23. The van der Waals surface area contributed by atoms with Gasteiger partial charge in [-0.1, -0.05) is 19.4 Å². The molecule has 0 radical (unpaired) electrons. The molecule has 0 aromatic heterocycles. The zero-order valence-electron chi connectivity index (χ0n) is 11.6. The molecule has 0 saturated heterocycles. The smallest absolute Gasteiger partial charge is 0.0976 e. The van der Waals surface area contributed by atoms with Gasteiger partial charge in [0.1, 0.15) is 0 Å². The van der Waals surface area contributed by atoms with Gasteiger partial charge in [0.05, 0.1) is 17.6 Å². The first kappa shape index (κ1) is 16.0. The molecule has 1 atom stereocenters. The number of nitrogens with zero attached hydrogens (tertiary/aromatic N) is 1. The van der Waals surface area contributed by atoms with Gasteiger partial charge < -0.3 is 5.11 Å². The average molecular weight is 401 g/mol. The number of aliphatic hydroxyl groups is 1. The quantitative estimate of drug-likeness (QED) is 0.742. The van der Waals surface area contributed by atoms with E-state index in [0.29, 0.717) is 5.92 Å². The molecular weight excluding hydrogens is 382 g/mol. The summed E-state index contributed by atoms with van der Waals surface area (Å²) in [5, 5.41) is 20.3. The summed E-state index contributed by atoms with van der Waals surface area (Å²) in [5.74, 6) is 0.709. The Hall–Kier alpha value is -0.370. The topological polar surface area (TPSA) is 44.0 Å². The molecular formula is C16H19Br2NO. The molecule has 1 aromatic rings. The molecule has 0 aliphatic heterocycles. The van der Waals surface area contributed by atoms with Crippen molar-refractivity contribution < 1.29 is 5.11 Å². The monoisotopic (exact) mass is 399 g/mol. The summed E-state index contributed by atoms with van der Waals surface area (Å²) in [6.07, 6.45) is 4.11. The summed E-state index contributed by atoms with van der Waals surface area (Å²) in [5.41, 5.74) is 0.190. The Morgan fingerprint density at radius 2 is 2.00 bits per heavy atom. The number of aliphatic hydroxyl groups excluding tert-OH is 1. The molecule has 2 nitrogen and oxygen atoms in total. The van der Waals surface area contributed by atoms with E-state index in [0.717, 1.165) is 40.2 Å². The lowest BCUT2D eigenvalue weighted by Crippen LogP contribution is -2.32. The fraction of sp³-hybridized carbons (Fsp3) is 0.562. The Morgan fingerprint density at radius 1 is 1.35 bits per heavy atom. The zero-order chi connectivity index (χ0) is 14.8. The lowest BCUT2D eigenvalue weighted by molar-refractivity contribution is 0.0242. The summed E-state index contributed by atoms with van der Waals surface area (Å²) in [6.45, 7) is 2.20. The molecule has 1 aliphatic carbocycles. The van der Waals surface area contributed by atoms with Crippen molar-refractivity contribution in [2.24, 2.45) is 11.3 Å². The second-order valence-electron chi connectivity index (χ2n) is 5.70. The van der Waals surface area contributed by atoms with E-state index in [2.05, 4.69) is 44.9 Å². The second-order valence-corrected chi connectivity index (χ2v) is 7.40. The molecule has 2 rings (SSSR count). The molecule has 1 saturated carbocycles. The van der Waals surface area contributed by atoms with Gasteiger partial charge in [-0.15, -0.1) is 0 Å². The normalized spacial score (nSPS) is 27.9. The van der Waals surface area contributed by atoms with Crippen molar-refractivity contribution in [3.8, 4) is 6.07 Å². The third kappa shape index (κ3) is 3.10. The standard InChI is InChI=1S/C16H19Br2NO/c1-2-11-5-7-16(10-19,8-6-11)15(20)12-3-4-13(17)14(18)9-12/h3-4,9,11,15,20H,2,5-8H2,1H3. The van der Waals surface area contributed by atoms with Gasteiger partial charge in [0.2, 0.25) is 0 Å². The van der Waals surface area contributed by atoms with E-state index < -0.39 is 11.5 Å². The number of hydrogen-bond donors (Lipinski definition) is 1. The van der Waals surface area contributed by atoms with E-state index in [9.17, 15) is 10.4 Å². The predicted octanol–water partition coefficient (Wildman–Crippen LogP) is 5.36. The SMILES string of the molecule is CCC1CCC(C#N)(C(O)c2ccc(Br)c(Br)c2)CC1. The van der Waals surface area contributed by atoms with Gasteiger partial charge in [-0.25, -0.2) is 0 Å². The highest BCUT2D eigenvalue weighted by Gasteiger charge is 2.42. The van der Waals surface area contributed by atoms with Gasteiger partial charge in [-0.05, 0) is 81.2 Å². The Morgan fingerprint density at radius 3 is 2.50 bits per heavy atom. The lowest BCUT2D eigenvalue weighted by atomic mass is 9.66. The van der Waals surface area contributed by atoms with Gasteiger partial charge in [0, 0.05) is 8.95 Å². The zero-order valence-corrected chi connectivity index (χ0v) is 14.7. The minimum Gasteiger partial charge on any atom is -0.387 e. The minimum atomic E-state index is -0.713. The van der Waals surface area contributed by atoms with Crippen molar-refractivity contribution in [3.63, 3.8) is 0 Å². The molecule has 4 heteroatoms. The van der Waals surface area contributed by atoms with Crippen LogP contribution in [0, 0.1) is 22.7 Å². The summed E-state index contributed by atoms with van der Waals surface area (Å²) in [6, 6.07) is 8.12. The molecule has 0 heterocycles. The molecule has 108 valence electrons. The summed E-state index contributed by atoms with van der Waals surface area (Å²) < 4.78 is 1.86. The first-order valence-corrected chi connectivity index (χ1v) is 8.65. The number of hydrogen-bond acceptors (Lipinski definition) is 2. The van der Waals surface area contributed by atoms with Crippen LogP contribution in [0.4, 0.5) is 0 Å². The number of halogens is 2. The van der Waals surface area contributed by atoms with Crippen LogP contribution in [0.15, 0.2) is 27.1 Å². The first-order chi connectivity index (χ1) is 9.52. The van der Waals surface area contributed by atoms with Crippen LogP contribution >= 0.6 is 31.9 Å². The van der Waals surface area contributed by atoms with E-state index in [-0.39, 0.29) is 0 Å². The van der Waals surface area contributed by atoms with Gasteiger partial charge in [-0.2, -0.15) is 5.26 Å². The van der Waals surface area contributed by atoms with Crippen LogP contribution in [-0.4, -0.2) is 5.11 Å². The van der Waals surface area contributed by atoms with E-state index >= 15 is 0 Å². The number of benzene rings is 1. The van der Waals surface area contributed by atoms with Crippen LogP contribution in [0.2, 0.25) is 0 Å². The third-order valence-electron chi connectivity index (χ3n) is 4.58. The van der Waals surface area contributed by atoms with Crippen molar-refractivity contribution in [1.29, 1.82) is 5.26 Å². The largest absolute Gasteiger partial charge is 0.387 e. The van der Waals surface area contributed by atoms with E-state index in [1.807, 2.05) is 18.2 Å². The molecule has 0 amide bonds. The average Bonchev–Trinajstić information content (AvgIpc) is 2.49. The van der Waals surface area contributed by atoms with Crippen molar-refractivity contribution in [3.05, 3.63) is 32.7 Å². The van der Waals surface area contributed by atoms with Crippen molar-refractivity contribution >= 4 is 31.9 Å². The molecule has 20 heavy (non-hydrogen) atoms. The molecule has 0 bridgehead atoms. The van der Waals surface area contributed by atoms with Crippen LogP contribution < -0.4 is 0 Å². The van der Waals surface area contributed by atoms with Crippen LogP contribution in [0.5, 0.6) is 0 Å². The van der Waals surface area contributed by atoms with E-state index in [1.54, 1.807) is 0 Å². The summed E-state index contributed by atoms with van der Waals surface area (Å²) in [7, 11) is 0. The second kappa shape index (κ2) is 6.60. The number of nitriles is 1. The van der Waals surface area contributed by atoms with E-state index in [1.165, 1.54) is 6.42 Å². The molecule has 0 spiro atoms. The maximum atomic E-state index is 10.7. The van der Waals surface area contributed by atoms with Crippen LogP contribution in [0.1, 0.15) is 50.7 Å². The summed E-state index contributed by atoms with van der Waals surface area (Å²) >= 11 is 6.89. The molecule has 1 fully saturated rings. The highest BCUT2D eigenvalue weighted by Crippen LogP contribution is 2.48. The Bertz CT molecular complexity index is 516.